The number of halogens is 2. The van der Waals surface area contributed by atoms with Crippen molar-refractivity contribution in [2.75, 3.05) is 40.3 Å². The smallest absolute Gasteiger partial charge is 0.0249 e. The monoisotopic (exact) mass is 490 g/mol. The Balaban J connectivity index is 0.00000131. The largest absolute Gasteiger partial charge is 0.309 e. The van der Waals surface area contributed by atoms with Gasteiger partial charge in [-0.25, -0.2) is 0 Å². The van der Waals surface area contributed by atoms with Crippen LogP contribution >= 0.6 is 34.0 Å². The van der Waals surface area contributed by atoms with Crippen molar-refractivity contribution in [2.24, 2.45) is 0 Å². The molecule has 0 saturated carbocycles. The Hall–Kier alpha value is -1.20. The molecule has 1 heterocycles. The molecule has 0 spiro atoms. The van der Waals surface area contributed by atoms with Gasteiger partial charge < -0.3 is 4.90 Å². The Morgan fingerprint density at radius 1 is 0.889 bits per heavy atom. The second kappa shape index (κ2) is 9.83. The fourth-order valence-electron chi connectivity index (χ4n) is 4.02. The molecule has 4 rings (SSSR count). The molecule has 144 valence electrons. The third kappa shape index (κ3) is 4.62. The lowest BCUT2D eigenvalue weighted by Gasteiger charge is -2.28. The minimum atomic E-state index is 0. The van der Waals surface area contributed by atoms with E-state index in [0.29, 0.717) is 0 Å². The highest BCUT2D eigenvalue weighted by molar-refractivity contribution is 8.93. The highest BCUT2D eigenvalue weighted by Gasteiger charge is 2.30. The molecular weight excluding hydrogens is 464 g/mol. The summed E-state index contributed by atoms with van der Waals surface area (Å²) >= 11 is 0. The van der Waals surface area contributed by atoms with E-state index >= 15 is 0 Å². The Bertz CT molecular complexity index is 825. The van der Waals surface area contributed by atoms with Gasteiger partial charge in [0.1, 0.15) is 0 Å². The van der Waals surface area contributed by atoms with Gasteiger partial charge in [0.25, 0.3) is 0 Å². The zero-order valence-electron chi connectivity index (χ0n) is 16.0. The topological polar surface area (TPSA) is 6.48 Å². The van der Waals surface area contributed by atoms with E-state index in [9.17, 15) is 0 Å². The molecule has 0 bridgehead atoms. The highest BCUT2D eigenvalue weighted by Crippen LogP contribution is 2.45. The van der Waals surface area contributed by atoms with E-state index in [2.05, 4.69) is 84.6 Å². The molecule has 0 aromatic heterocycles. The van der Waals surface area contributed by atoms with Crippen LogP contribution in [-0.4, -0.2) is 50.1 Å². The number of fused-ring (bicyclic) bond motifs is 3. The third-order valence-electron chi connectivity index (χ3n) is 5.19. The lowest BCUT2D eigenvalue weighted by molar-refractivity contribution is 0.294. The van der Waals surface area contributed by atoms with Crippen LogP contribution in [0.25, 0.3) is 11.1 Å². The maximum absolute atomic E-state index is 2.58. The minimum Gasteiger partial charge on any atom is -0.309 e. The summed E-state index contributed by atoms with van der Waals surface area (Å²) in [6, 6.07) is 19.7. The zero-order valence-corrected chi connectivity index (χ0v) is 19.4. The summed E-state index contributed by atoms with van der Waals surface area (Å²) in [6.07, 6.45) is 3.65. The molecule has 2 aromatic carbocycles. The van der Waals surface area contributed by atoms with Crippen LogP contribution < -0.4 is 0 Å². The van der Waals surface area contributed by atoms with Gasteiger partial charge in [-0.1, -0.05) is 60.7 Å². The van der Waals surface area contributed by atoms with E-state index in [1.54, 1.807) is 0 Å². The average Bonchev–Trinajstić information content (AvgIpc) is 2.96. The average molecular weight is 492 g/mol. The molecule has 1 aliphatic heterocycles. The van der Waals surface area contributed by atoms with E-state index in [0.717, 1.165) is 26.2 Å². The molecule has 4 heteroatoms. The van der Waals surface area contributed by atoms with Gasteiger partial charge in [-0.3, -0.25) is 4.90 Å². The number of benzene rings is 2. The van der Waals surface area contributed by atoms with Gasteiger partial charge in [0, 0.05) is 19.6 Å². The summed E-state index contributed by atoms with van der Waals surface area (Å²) in [5.74, 6) is 0. The first-order chi connectivity index (χ1) is 12.2. The lowest BCUT2D eigenvalue weighted by Crippen LogP contribution is -2.32. The highest BCUT2D eigenvalue weighted by atomic mass is 79.9. The van der Waals surface area contributed by atoms with Gasteiger partial charge in [-0.05, 0) is 60.5 Å². The van der Waals surface area contributed by atoms with Crippen LogP contribution in [0.5, 0.6) is 0 Å². The second-order valence-electron chi connectivity index (χ2n) is 7.27. The molecule has 0 saturated heterocycles. The van der Waals surface area contributed by atoms with E-state index < -0.39 is 0 Å². The van der Waals surface area contributed by atoms with Crippen LogP contribution in [0.15, 0.2) is 66.2 Å². The van der Waals surface area contributed by atoms with Crippen LogP contribution in [0, 0.1) is 0 Å². The second-order valence-corrected chi connectivity index (χ2v) is 7.27. The van der Waals surface area contributed by atoms with E-state index in [-0.39, 0.29) is 34.0 Å². The first kappa shape index (κ1) is 22.1. The number of rotatable bonds is 5. The molecule has 0 fully saturated rings. The van der Waals surface area contributed by atoms with E-state index in [1.165, 1.54) is 39.8 Å². The molecule has 0 unspecified atom stereocenters. The van der Waals surface area contributed by atoms with Crippen molar-refractivity contribution in [1.29, 1.82) is 0 Å². The maximum atomic E-state index is 2.58. The van der Waals surface area contributed by atoms with Crippen LogP contribution in [0.1, 0.15) is 23.1 Å². The lowest BCUT2D eigenvalue weighted by atomic mass is 9.96. The van der Waals surface area contributed by atoms with E-state index in [4.69, 9.17) is 0 Å². The normalized spacial score (nSPS) is 15.6. The van der Waals surface area contributed by atoms with Crippen molar-refractivity contribution in [3.05, 3.63) is 82.9 Å². The molecule has 0 N–H and O–H groups in total. The molecule has 2 aliphatic rings. The van der Waals surface area contributed by atoms with Crippen LogP contribution in [0.4, 0.5) is 0 Å². The van der Waals surface area contributed by atoms with Gasteiger partial charge in [0.2, 0.25) is 0 Å². The summed E-state index contributed by atoms with van der Waals surface area (Å²) in [5, 5.41) is 0. The van der Waals surface area contributed by atoms with Crippen molar-refractivity contribution in [3.63, 3.8) is 0 Å². The fraction of sp³-hybridized carbons (Fsp3) is 0.304. The van der Waals surface area contributed by atoms with Crippen molar-refractivity contribution in [2.45, 2.75) is 6.42 Å². The van der Waals surface area contributed by atoms with Gasteiger partial charge >= 0.3 is 0 Å². The zero-order chi connectivity index (χ0) is 17.2. The SMILES string of the molecule is Br.Br.CN(C)CCCN1CC=C2C(=C(c3ccccc3)c3ccccc32)C1. The van der Waals surface area contributed by atoms with Gasteiger partial charge in [0.05, 0.1) is 0 Å². The summed E-state index contributed by atoms with van der Waals surface area (Å²) in [6.45, 7) is 4.42. The molecular formula is C23H28Br2N2. The van der Waals surface area contributed by atoms with Gasteiger partial charge in [-0.2, -0.15) is 0 Å². The van der Waals surface area contributed by atoms with Crippen molar-refractivity contribution in [3.8, 4) is 0 Å². The number of hydrogen-bond donors (Lipinski definition) is 0. The Morgan fingerprint density at radius 2 is 1.56 bits per heavy atom. The molecule has 0 amide bonds. The van der Waals surface area contributed by atoms with Crippen LogP contribution in [0.2, 0.25) is 0 Å². The molecule has 27 heavy (non-hydrogen) atoms. The molecule has 0 radical (unpaired) electrons. The first-order valence-electron chi connectivity index (χ1n) is 9.20. The van der Waals surface area contributed by atoms with Crippen molar-refractivity contribution < 1.29 is 0 Å². The Morgan fingerprint density at radius 3 is 2.26 bits per heavy atom. The first-order valence-corrected chi connectivity index (χ1v) is 9.20. The number of hydrogen-bond acceptors (Lipinski definition) is 2. The number of nitrogens with zero attached hydrogens (tertiary/aromatic N) is 2. The predicted octanol–water partition coefficient (Wildman–Crippen LogP) is 5.31. The molecule has 0 atom stereocenters. The quantitative estimate of drug-likeness (QED) is 0.559. The fourth-order valence-corrected chi connectivity index (χ4v) is 4.02. The van der Waals surface area contributed by atoms with Crippen molar-refractivity contribution >= 4 is 45.1 Å². The summed E-state index contributed by atoms with van der Waals surface area (Å²) in [5.41, 5.74) is 8.53. The van der Waals surface area contributed by atoms with E-state index in [1.807, 2.05) is 0 Å². The standard InChI is InChI=1S/C23H26N2.2BrH/c1-24(2)14-8-15-25-16-13-20-19-11-6-7-12-21(19)23(22(20)17-25)18-9-4-3-5-10-18;;/h3-7,9-13H,8,14-17H2,1-2H3;2*1H. The molecule has 1 aliphatic carbocycles. The maximum Gasteiger partial charge on any atom is 0.0249 e. The van der Waals surface area contributed by atoms with Gasteiger partial charge in [-0.15, -0.1) is 34.0 Å². The summed E-state index contributed by atoms with van der Waals surface area (Å²) < 4.78 is 0. The van der Waals surface area contributed by atoms with Crippen LogP contribution in [-0.2, 0) is 0 Å². The van der Waals surface area contributed by atoms with Gasteiger partial charge in [0.15, 0.2) is 0 Å². The Kier molecular flexibility index (Phi) is 8.04. The third-order valence-corrected chi connectivity index (χ3v) is 5.19. The van der Waals surface area contributed by atoms with Crippen LogP contribution in [0.3, 0.4) is 0 Å². The molecule has 2 nitrogen and oxygen atoms in total. The molecule has 2 aromatic rings. The minimum absolute atomic E-state index is 0. The predicted molar refractivity (Wildman–Crippen MR) is 127 cm³/mol. The van der Waals surface area contributed by atoms with Crippen molar-refractivity contribution in [1.82, 2.24) is 9.80 Å². The summed E-state index contributed by atoms with van der Waals surface area (Å²) in [7, 11) is 4.30. The summed E-state index contributed by atoms with van der Waals surface area (Å²) in [4.78, 5) is 4.85. The Labute approximate surface area is 184 Å².